The number of carbonyl (C=O) groups is 1. The van der Waals surface area contributed by atoms with Crippen LogP contribution in [0.3, 0.4) is 0 Å². The average molecular weight is 466 g/mol. The first-order valence-electron chi connectivity index (χ1n) is 8.84. The molecule has 0 bridgehead atoms. The highest BCUT2D eigenvalue weighted by molar-refractivity contribution is 9.10. The quantitative estimate of drug-likeness (QED) is 0.282. The van der Waals surface area contributed by atoms with E-state index in [0.717, 1.165) is 15.6 Å². The van der Waals surface area contributed by atoms with Gasteiger partial charge in [0.05, 0.1) is 23.9 Å². The molecule has 7 heteroatoms. The first-order chi connectivity index (χ1) is 14.2. The van der Waals surface area contributed by atoms with Crippen LogP contribution in [0.5, 0.6) is 0 Å². The lowest BCUT2D eigenvalue weighted by Gasteiger charge is -2.12. The van der Waals surface area contributed by atoms with Crippen molar-refractivity contribution in [1.82, 2.24) is 4.90 Å². The van der Waals surface area contributed by atoms with Gasteiger partial charge in [0.1, 0.15) is 5.76 Å². The van der Waals surface area contributed by atoms with E-state index in [-0.39, 0.29) is 5.91 Å². The molecule has 1 fully saturated rings. The lowest BCUT2D eigenvalue weighted by Crippen LogP contribution is -2.28. The molecule has 0 N–H and O–H groups in total. The zero-order chi connectivity index (χ0) is 20.1. The highest BCUT2D eigenvalue weighted by Gasteiger charge is 2.34. The largest absolute Gasteiger partial charge is 0.467 e. The van der Waals surface area contributed by atoms with Gasteiger partial charge in [-0.1, -0.05) is 58.4 Å². The Morgan fingerprint density at radius 3 is 2.52 bits per heavy atom. The van der Waals surface area contributed by atoms with Crippen LogP contribution in [0.15, 0.2) is 97.0 Å². The van der Waals surface area contributed by atoms with Crippen molar-refractivity contribution in [2.75, 3.05) is 0 Å². The summed E-state index contributed by atoms with van der Waals surface area (Å²) in [6, 6.07) is 21.1. The molecule has 1 aliphatic heterocycles. The maximum atomic E-state index is 13.0. The van der Waals surface area contributed by atoms with Gasteiger partial charge in [-0.05, 0) is 53.2 Å². The number of thioether (sulfide) groups is 1. The second kappa shape index (κ2) is 9.07. The van der Waals surface area contributed by atoms with E-state index in [4.69, 9.17) is 4.42 Å². The molecule has 144 valence electrons. The Kier molecular flexibility index (Phi) is 6.07. The molecule has 0 saturated carbocycles. The summed E-state index contributed by atoms with van der Waals surface area (Å²) in [5.41, 5.74) is 1.88. The van der Waals surface area contributed by atoms with Crippen LogP contribution in [0.4, 0.5) is 0 Å². The molecular formula is C22H16BrN3O2S. The van der Waals surface area contributed by atoms with Gasteiger partial charge in [0, 0.05) is 4.47 Å². The molecule has 3 aromatic rings. The SMILES string of the molecule is O=C1/C(=C/c2ccc(Br)cc2)S/C(=N\N=C\c2ccccc2)N1Cc1ccco1. The van der Waals surface area contributed by atoms with Crippen molar-refractivity contribution in [3.05, 3.63) is 99.3 Å². The fourth-order valence-corrected chi connectivity index (χ4v) is 3.87. The Balaban J connectivity index is 1.61. The second-order valence-corrected chi connectivity index (χ2v) is 8.10. The first-order valence-corrected chi connectivity index (χ1v) is 10.5. The van der Waals surface area contributed by atoms with E-state index in [2.05, 4.69) is 26.1 Å². The molecule has 5 nitrogen and oxygen atoms in total. The highest BCUT2D eigenvalue weighted by Crippen LogP contribution is 2.34. The summed E-state index contributed by atoms with van der Waals surface area (Å²) < 4.78 is 6.40. The lowest BCUT2D eigenvalue weighted by atomic mass is 10.2. The Morgan fingerprint density at radius 1 is 1.00 bits per heavy atom. The van der Waals surface area contributed by atoms with Gasteiger partial charge in [-0.2, -0.15) is 5.10 Å². The maximum Gasteiger partial charge on any atom is 0.267 e. The molecule has 2 aromatic carbocycles. The van der Waals surface area contributed by atoms with Gasteiger partial charge in [-0.25, -0.2) is 0 Å². The monoisotopic (exact) mass is 465 g/mol. The fraction of sp³-hybridized carbons (Fsp3) is 0.0455. The van der Waals surface area contributed by atoms with Crippen LogP contribution in [-0.4, -0.2) is 22.2 Å². The normalized spacial score (nSPS) is 17.1. The summed E-state index contributed by atoms with van der Waals surface area (Å²) in [7, 11) is 0. The van der Waals surface area contributed by atoms with Crippen molar-refractivity contribution < 1.29 is 9.21 Å². The van der Waals surface area contributed by atoms with E-state index < -0.39 is 0 Å². The zero-order valence-electron chi connectivity index (χ0n) is 15.2. The number of hydrogen-bond donors (Lipinski definition) is 0. The molecule has 1 saturated heterocycles. The molecule has 29 heavy (non-hydrogen) atoms. The molecular weight excluding hydrogens is 450 g/mol. The number of furan rings is 1. The zero-order valence-corrected chi connectivity index (χ0v) is 17.6. The predicted octanol–water partition coefficient (Wildman–Crippen LogP) is 5.55. The van der Waals surface area contributed by atoms with E-state index in [1.807, 2.05) is 66.7 Å². The molecule has 0 radical (unpaired) electrons. The molecule has 1 amide bonds. The van der Waals surface area contributed by atoms with E-state index in [9.17, 15) is 4.79 Å². The van der Waals surface area contributed by atoms with Crippen LogP contribution in [0.2, 0.25) is 0 Å². The van der Waals surface area contributed by atoms with Crippen molar-refractivity contribution in [1.29, 1.82) is 0 Å². The fourth-order valence-electron chi connectivity index (χ4n) is 2.67. The molecule has 2 heterocycles. The van der Waals surface area contributed by atoms with Crippen molar-refractivity contribution in [3.63, 3.8) is 0 Å². The predicted molar refractivity (Wildman–Crippen MR) is 120 cm³/mol. The topological polar surface area (TPSA) is 58.2 Å². The van der Waals surface area contributed by atoms with Crippen LogP contribution in [0.25, 0.3) is 6.08 Å². The third-order valence-corrected chi connectivity index (χ3v) is 5.63. The Hall–Kier alpha value is -2.90. The third-order valence-electron chi connectivity index (χ3n) is 4.10. The van der Waals surface area contributed by atoms with E-state index in [1.165, 1.54) is 11.8 Å². The first kappa shape index (κ1) is 19.4. The van der Waals surface area contributed by atoms with Crippen LogP contribution >= 0.6 is 27.7 Å². The Labute approximate surface area is 181 Å². The van der Waals surface area contributed by atoms with E-state index in [1.54, 1.807) is 23.4 Å². The number of rotatable bonds is 5. The van der Waals surface area contributed by atoms with Gasteiger partial charge in [-0.3, -0.25) is 9.69 Å². The lowest BCUT2D eigenvalue weighted by molar-refractivity contribution is -0.122. The Bertz CT molecular complexity index is 1080. The maximum absolute atomic E-state index is 13.0. The molecule has 1 aromatic heterocycles. The summed E-state index contributed by atoms with van der Waals surface area (Å²) in [4.78, 5) is 15.2. The number of nitrogens with zero attached hydrogens (tertiary/aromatic N) is 3. The smallest absolute Gasteiger partial charge is 0.267 e. The number of hydrogen-bond acceptors (Lipinski definition) is 5. The van der Waals surface area contributed by atoms with Gasteiger partial charge >= 0.3 is 0 Å². The van der Waals surface area contributed by atoms with Gasteiger partial charge in [-0.15, -0.1) is 5.10 Å². The summed E-state index contributed by atoms with van der Waals surface area (Å²) in [6.07, 6.45) is 5.11. The minimum atomic E-state index is -0.122. The highest BCUT2D eigenvalue weighted by atomic mass is 79.9. The van der Waals surface area contributed by atoms with Crippen LogP contribution in [0, 0.1) is 0 Å². The van der Waals surface area contributed by atoms with E-state index >= 15 is 0 Å². The molecule has 0 unspecified atom stereocenters. The van der Waals surface area contributed by atoms with Gasteiger partial charge < -0.3 is 4.42 Å². The summed E-state index contributed by atoms with van der Waals surface area (Å²) in [5.74, 6) is 0.562. The molecule has 4 rings (SSSR count). The summed E-state index contributed by atoms with van der Waals surface area (Å²) >= 11 is 4.73. The van der Waals surface area contributed by atoms with Crippen molar-refractivity contribution in [2.45, 2.75) is 6.54 Å². The van der Waals surface area contributed by atoms with Gasteiger partial charge in [0.25, 0.3) is 5.91 Å². The number of benzene rings is 2. The number of amidine groups is 1. The number of carbonyl (C=O) groups excluding carboxylic acids is 1. The number of amides is 1. The van der Waals surface area contributed by atoms with Crippen LogP contribution in [0.1, 0.15) is 16.9 Å². The minimum absolute atomic E-state index is 0.122. The molecule has 0 aliphatic carbocycles. The van der Waals surface area contributed by atoms with Gasteiger partial charge in [0.2, 0.25) is 0 Å². The second-order valence-electron chi connectivity index (χ2n) is 6.17. The molecule has 1 aliphatic rings. The van der Waals surface area contributed by atoms with Gasteiger partial charge in [0.15, 0.2) is 5.17 Å². The van der Waals surface area contributed by atoms with Crippen molar-refractivity contribution in [3.8, 4) is 0 Å². The minimum Gasteiger partial charge on any atom is -0.467 e. The standard InChI is InChI=1S/C22H16BrN3O2S/c23-18-10-8-16(9-11-18)13-20-21(27)26(15-19-7-4-12-28-19)22(29-20)25-24-14-17-5-2-1-3-6-17/h1-14H,15H2/b20-13-,24-14+,25-22-. The Morgan fingerprint density at radius 2 is 1.79 bits per heavy atom. The summed E-state index contributed by atoms with van der Waals surface area (Å²) in [5, 5.41) is 8.99. The third kappa shape index (κ3) is 4.93. The van der Waals surface area contributed by atoms with E-state index in [0.29, 0.717) is 22.4 Å². The van der Waals surface area contributed by atoms with Crippen molar-refractivity contribution >= 4 is 51.1 Å². The van der Waals surface area contributed by atoms with Crippen molar-refractivity contribution in [2.24, 2.45) is 10.2 Å². The van der Waals surface area contributed by atoms with Crippen LogP contribution in [-0.2, 0) is 11.3 Å². The average Bonchev–Trinajstić information content (AvgIpc) is 3.35. The molecule has 0 atom stereocenters. The van der Waals surface area contributed by atoms with Crippen LogP contribution < -0.4 is 0 Å². The summed E-state index contributed by atoms with van der Waals surface area (Å²) in [6.45, 7) is 0.302. The number of halogens is 1. The molecule has 0 spiro atoms.